The van der Waals surface area contributed by atoms with Crippen LogP contribution >= 0.6 is 0 Å². The maximum Gasteiger partial charge on any atom is 0.406 e. The Morgan fingerprint density at radius 3 is 2.40 bits per heavy atom. The number of anilines is 2. The number of alkyl halides is 3. The maximum absolute atomic E-state index is 13.7. The number of benzene rings is 2. The largest absolute Gasteiger partial charge is 0.495 e. The standard InChI is InChI=1S/C32H42F3N5O6S/c1-23(43)21-38-13-10-24(11-14-38)37-28-6-3-7-30-27(28)19-25(40(30)22-32(33,34)35)5-4-12-36-29-9-8-26(20-31(29)46-2)47(44,45)39(15-17-41)16-18-42/h3,6-9,19-20,23-24,36-37,41-43H,10-18,21-22H2,1-2H3. The minimum Gasteiger partial charge on any atom is -0.495 e. The maximum atomic E-state index is 13.7. The fourth-order valence-electron chi connectivity index (χ4n) is 5.69. The Morgan fingerprint density at radius 2 is 1.79 bits per heavy atom. The van der Waals surface area contributed by atoms with Gasteiger partial charge in [0.05, 0.1) is 54.8 Å². The van der Waals surface area contributed by atoms with Crippen LogP contribution in [0.5, 0.6) is 5.75 Å². The Balaban J connectivity index is 1.53. The number of sulfonamides is 1. The summed E-state index contributed by atoms with van der Waals surface area (Å²) in [6, 6.07) is 11.2. The number of halogens is 3. The lowest BCUT2D eigenvalue weighted by molar-refractivity contribution is -0.140. The molecule has 1 unspecified atom stereocenters. The zero-order valence-corrected chi connectivity index (χ0v) is 27.2. The van der Waals surface area contributed by atoms with Gasteiger partial charge in [0.25, 0.3) is 0 Å². The lowest BCUT2D eigenvalue weighted by atomic mass is 10.0. The van der Waals surface area contributed by atoms with Gasteiger partial charge < -0.3 is 40.2 Å². The Kier molecular flexibility index (Phi) is 12.4. The number of hydrogen-bond donors (Lipinski definition) is 5. The van der Waals surface area contributed by atoms with Crippen LogP contribution in [0, 0.1) is 11.8 Å². The van der Waals surface area contributed by atoms with E-state index in [1.54, 1.807) is 25.1 Å². The summed E-state index contributed by atoms with van der Waals surface area (Å²) < 4.78 is 74.5. The molecule has 0 radical (unpaired) electrons. The summed E-state index contributed by atoms with van der Waals surface area (Å²) >= 11 is 0. The number of methoxy groups -OCH3 is 1. The van der Waals surface area contributed by atoms with Crippen molar-refractivity contribution in [2.24, 2.45) is 0 Å². The van der Waals surface area contributed by atoms with Crippen LogP contribution in [0.4, 0.5) is 24.5 Å². The first-order chi connectivity index (χ1) is 22.4. The molecular formula is C32H42F3N5O6S. The Bertz CT molecular complexity index is 1660. The van der Waals surface area contributed by atoms with Gasteiger partial charge in [-0.15, -0.1) is 0 Å². The number of aliphatic hydroxyl groups excluding tert-OH is 3. The van der Waals surface area contributed by atoms with Gasteiger partial charge in [-0.2, -0.15) is 17.5 Å². The van der Waals surface area contributed by atoms with Gasteiger partial charge in [-0.05, 0) is 56.0 Å². The van der Waals surface area contributed by atoms with Gasteiger partial charge in [0.15, 0.2) is 0 Å². The molecule has 11 nitrogen and oxygen atoms in total. The van der Waals surface area contributed by atoms with Gasteiger partial charge in [-0.25, -0.2) is 8.42 Å². The molecule has 1 aliphatic rings. The first-order valence-corrected chi connectivity index (χ1v) is 16.8. The van der Waals surface area contributed by atoms with E-state index < -0.39 is 42.1 Å². The second kappa shape index (κ2) is 16.1. The van der Waals surface area contributed by atoms with Crippen molar-refractivity contribution < 1.29 is 41.6 Å². The number of aromatic nitrogens is 1. The van der Waals surface area contributed by atoms with E-state index in [1.807, 2.05) is 6.07 Å². The highest BCUT2D eigenvalue weighted by molar-refractivity contribution is 7.89. The molecule has 2 heterocycles. The Labute approximate surface area is 273 Å². The van der Waals surface area contributed by atoms with Gasteiger partial charge in [-0.3, -0.25) is 0 Å². The smallest absolute Gasteiger partial charge is 0.406 e. The van der Waals surface area contributed by atoms with E-state index in [0.717, 1.165) is 40.5 Å². The van der Waals surface area contributed by atoms with Crippen molar-refractivity contribution in [3.05, 3.63) is 48.2 Å². The molecule has 1 aromatic heterocycles. The third-order valence-corrected chi connectivity index (χ3v) is 9.74. The van der Waals surface area contributed by atoms with E-state index in [1.165, 1.54) is 25.3 Å². The van der Waals surface area contributed by atoms with Gasteiger partial charge >= 0.3 is 6.18 Å². The first kappa shape index (κ1) is 36.3. The fourth-order valence-corrected chi connectivity index (χ4v) is 7.13. The van der Waals surface area contributed by atoms with E-state index in [0.29, 0.717) is 23.1 Å². The van der Waals surface area contributed by atoms with Gasteiger partial charge in [-0.1, -0.05) is 12.0 Å². The SMILES string of the molecule is COc1cc(S(=O)(=O)N(CCO)CCO)ccc1NCC#Cc1cc2c(NC3CCN(CC(C)O)CC3)cccc2n1CC(F)(F)F. The lowest BCUT2D eigenvalue weighted by Gasteiger charge is -2.33. The molecule has 0 spiro atoms. The average Bonchev–Trinajstić information content (AvgIpc) is 3.36. The average molecular weight is 682 g/mol. The minimum atomic E-state index is -4.47. The molecule has 15 heteroatoms. The molecule has 47 heavy (non-hydrogen) atoms. The second-order valence-corrected chi connectivity index (χ2v) is 13.3. The molecule has 258 valence electrons. The lowest BCUT2D eigenvalue weighted by Crippen LogP contribution is -2.41. The van der Waals surface area contributed by atoms with Crippen LogP contribution in [-0.4, -0.2) is 115 Å². The molecule has 1 aliphatic heterocycles. The van der Waals surface area contributed by atoms with Gasteiger partial charge in [0, 0.05) is 55.9 Å². The van der Waals surface area contributed by atoms with Crippen molar-refractivity contribution in [2.45, 2.75) is 49.5 Å². The van der Waals surface area contributed by atoms with Crippen molar-refractivity contribution in [2.75, 3.05) is 70.2 Å². The van der Waals surface area contributed by atoms with E-state index in [-0.39, 0.29) is 42.0 Å². The number of aliphatic hydroxyl groups is 3. The van der Waals surface area contributed by atoms with Crippen LogP contribution in [0.3, 0.4) is 0 Å². The molecule has 1 fully saturated rings. The summed E-state index contributed by atoms with van der Waals surface area (Å²) in [4.78, 5) is 2.10. The number of fused-ring (bicyclic) bond motifs is 1. The number of hydrogen-bond acceptors (Lipinski definition) is 9. The third kappa shape index (κ3) is 9.53. The Hall–Kier alpha value is -3.52. The van der Waals surface area contributed by atoms with Crippen molar-refractivity contribution in [3.63, 3.8) is 0 Å². The molecule has 0 amide bonds. The van der Waals surface area contributed by atoms with Gasteiger partial charge in [0.2, 0.25) is 10.0 Å². The van der Waals surface area contributed by atoms with E-state index in [9.17, 15) is 36.9 Å². The number of ether oxygens (including phenoxy) is 1. The van der Waals surface area contributed by atoms with Crippen LogP contribution in [0.15, 0.2) is 47.4 Å². The van der Waals surface area contributed by atoms with Crippen LogP contribution < -0.4 is 15.4 Å². The Morgan fingerprint density at radius 1 is 1.09 bits per heavy atom. The van der Waals surface area contributed by atoms with Crippen molar-refractivity contribution in [1.82, 2.24) is 13.8 Å². The summed E-state index contributed by atoms with van der Waals surface area (Å²) in [5.74, 6) is 5.94. The summed E-state index contributed by atoms with van der Waals surface area (Å²) in [5, 5.41) is 35.3. The topological polar surface area (TPSA) is 140 Å². The van der Waals surface area contributed by atoms with E-state index in [2.05, 4.69) is 27.4 Å². The highest BCUT2D eigenvalue weighted by atomic mass is 32.2. The summed E-state index contributed by atoms with van der Waals surface area (Å²) in [6.45, 7) is 1.59. The molecule has 1 atom stereocenters. The molecule has 2 aromatic carbocycles. The third-order valence-electron chi connectivity index (χ3n) is 7.85. The fraction of sp³-hybridized carbons (Fsp3) is 0.500. The van der Waals surface area contributed by atoms with Crippen LogP contribution in [0.2, 0.25) is 0 Å². The highest BCUT2D eigenvalue weighted by Crippen LogP contribution is 2.32. The molecular weight excluding hydrogens is 639 g/mol. The molecule has 1 saturated heterocycles. The zero-order valence-electron chi connectivity index (χ0n) is 26.4. The predicted molar refractivity (Wildman–Crippen MR) is 174 cm³/mol. The number of rotatable bonds is 14. The minimum absolute atomic E-state index is 0.0211. The van der Waals surface area contributed by atoms with E-state index >= 15 is 0 Å². The van der Waals surface area contributed by atoms with Crippen LogP contribution in [-0.2, 0) is 16.6 Å². The van der Waals surface area contributed by atoms with E-state index in [4.69, 9.17) is 4.74 Å². The normalized spacial score (nSPS) is 15.4. The summed E-state index contributed by atoms with van der Waals surface area (Å²) in [6.07, 6.45) is -3.20. The van der Waals surface area contributed by atoms with Crippen LogP contribution in [0.1, 0.15) is 25.5 Å². The number of piperidine rings is 1. The summed E-state index contributed by atoms with van der Waals surface area (Å²) in [7, 11) is -2.66. The van der Waals surface area contributed by atoms with Crippen molar-refractivity contribution in [1.29, 1.82) is 0 Å². The monoisotopic (exact) mass is 681 g/mol. The molecule has 3 aromatic rings. The second-order valence-electron chi connectivity index (χ2n) is 11.4. The number of β-amino-alcohol motifs (C(OH)–C–C–N with tert-alkyl or cyclic N) is 1. The molecule has 4 rings (SSSR count). The molecule has 5 N–H and O–H groups in total. The molecule has 0 saturated carbocycles. The predicted octanol–water partition coefficient (Wildman–Crippen LogP) is 2.91. The molecule has 0 bridgehead atoms. The number of nitrogens with zero attached hydrogens (tertiary/aromatic N) is 3. The summed E-state index contributed by atoms with van der Waals surface area (Å²) in [5.41, 5.74) is 1.75. The van der Waals surface area contributed by atoms with Crippen molar-refractivity contribution in [3.8, 4) is 17.6 Å². The highest BCUT2D eigenvalue weighted by Gasteiger charge is 2.30. The van der Waals surface area contributed by atoms with Crippen LogP contribution in [0.25, 0.3) is 10.9 Å². The first-order valence-electron chi connectivity index (χ1n) is 15.3. The zero-order chi connectivity index (χ0) is 34.2. The number of nitrogens with one attached hydrogen (secondary N) is 2. The quantitative estimate of drug-likeness (QED) is 0.163. The van der Waals surface area contributed by atoms with Crippen molar-refractivity contribution >= 4 is 32.3 Å². The number of likely N-dealkylation sites (tertiary alicyclic amines) is 1. The van der Waals surface area contributed by atoms with Gasteiger partial charge in [0.1, 0.15) is 12.3 Å². The molecule has 0 aliphatic carbocycles.